The molecule has 2 aromatic heterocycles. The van der Waals surface area contributed by atoms with E-state index in [9.17, 15) is 4.91 Å². The number of aryl methyl sites for hydroxylation is 1. The maximum Gasteiger partial charge on any atom is 0.209 e. The molecule has 5 heteroatoms. The average Bonchev–Trinajstić information content (AvgIpc) is 2.79. The highest BCUT2D eigenvalue weighted by atomic mass is 35.5. The Hall–Kier alpha value is -2.20. The predicted molar refractivity (Wildman–Crippen MR) is 75.8 cm³/mol. The molecule has 0 aliphatic heterocycles. The summed E-state index contributed by atoms with van der Waals surface area (Å²) in [5.74, 6) is 0.307. The van der Waals surface area contributed by atoms with E-state index >= 15 is 0 Å². The Labute approximate surface area is 114 Å². The standard InChI is InChI=1S/C14H10ClN3O/c1-9-3-2-8-18-13(9)16-12(14(18)17-19)10-4-6-11(15)7-5-10/h2-8H,1H3. The normalized spacial score (nSPS) is 10.8. The van der Waals surface area contributed by atoms with Crippen LogP contribution in [0.5, 0.6) is 0 Å². The van der Waals surface area contributed by atoms with Crippen molar-refractivity contribution < 1.29 is 0 Å². The summed E-state index contributed by atoms with van der Waals surface area (Å²) < 4.78 is 1.70. The quantitative estimate of drug-likeness (QED) is 0.650. The van der Waals surface area contributed by atoms with Gasteiger partial charge in [-0.15, -0.1) is 4.91 Å². The van der Waals surface area contributed by atoms with Crippen molar-refractivity contribution >= 4 is 23.1 Å². The number of imidazole rings is 1. The molecule has 3 rings (SSSR count). The summed E-state index contributed by atoms with van der Waals surface area (Å²) in [4.78, 5) is 15.6. The fraction of sp³-hybridized carbons (Fsp3) is 0.0714. The topological polar surface area (TPSA) is 46.7 Å². The van der Waals surface area contributed by atoms with E-state index in [0.29, 0.717) is 16.5 Å². The van der Waals surface area contributed by atoms with Crippen molar-refractivity contribution in [3.8, 4) is 11.3 Å². The third-order valence-corrected chi connectivity index (χ3v) is 3.28. The summed E-state index contributed by atoms with van der Waals surface area (Å²) in [6.45, 7) is 1.95. The van der Waals surface area contributed by atoms with Crippen LogP contribution in [0.4, 0.5) is 5.82 Å². The molecule has 0 saturated carbocycles. The van der Waals surface area contributed by atoms with Crippen molar-refractivity contribution in [3.05, 3.63) is 58.1 Å². The van der Waals surface area contributed by atoms with Gasteiger partial charge in [-0.05, 0) is 35.9 Å². The number of nitroso groups, excluding NO2 is 1. The van der Waals surface area contributed by atoms with Gasteiger partial charge in [-0.2, -0.15) is 0 Å². The van der Waals surface area contributed by atoms with Crippen LogP contribution in [-0.4, -0.2) is 9.38 Å². The molecule has 0 fully saturated rings. The summed E-state index contributed by atoms with van der Waals surface area (Å²) in [6.07, 6.45) is 1.78. The summed E-state index contributed by atoms with van der Waals surface area (Å²) in [7, 11) is 0. The number of benzene rings is 1. The van der Waals surface area contributed by atoms with E-state index in [4.69, 9.17) is 11.6 Å². The van der Waals surface area contributed by atoms with E-state index in [1.165, 1.54) is 0 Å². The minimum Gasteiger partial charge on any atom is -0.281 e. The number of halogens is 1. The number of hydrogen-bond donors (Lipinski definition) is 0. The second kappa shape index (κ2) is 4.48. The summed E-state index contributed by atoms with van der Waals surface area (Å²) in [5, 5.41) is 3.76. The molecule has 4 nitrogen and oxygen atoms in total. The molecule has 1 aromatic carbocycles. The largest absolute Gasteiger partial charge is 0.281 e. The maximum absolute atomic E-state index is 11.1. The molecule has 0 aliphatic rings. The van der Waals surface area contributed by atoms with Gasteiger partial charge in [-0.1, -0.05) is 29.8 Å². The molecule has 0 saturated heterocycles. The number of fused-ring (bicyclic) bond motifs is 1. The second-order valence-electron chi connectivity index (χ2n) is 4.27. The van der Waals surface area contributed by atoms with Gasteiger partial charge in [-0.25, -0.2) is 4.98 Å². The lowest BCUT2D eigenvalue weighted by Crippen LogP contribution is -1.85. The van der Waals surface area contributed by atoms with E-state index in [2.05, 4.69) is 10.2 Å². The van der Waals surface area contributed by atoms with Gasteiger partial charge < -0.3 is 0 Å². The molecule has 94 valence electrons. The molecule has 0 radical (unpaired) electrons. The fourth-order valence-electron chi connectivity index (χ4n) is 2.08. The Balaban J connectivity index is 2.32. The van der Waals surface area contributed by atoms with Gasteiger partial charge in [0.05, 0.1) is 0 Å². The fourth-order valence-corrected chi connectivity index (χ4v) is 2.21. The number of hydrogen-bond acceptors (Lipinski definition) is 3. The van der Waals surface area contributed by atoms with E-state index in [1.54, 1.807) is 22.7 Å². The molecule has 0 bridgehead atoms. The molecule has 0 aliphatic carbocycles. The molecule has 3 aromatic rings. The monoisotopic (exact) mass is 271 g/mol. The molecule has 0 atom stereocenters. The van der Waals surface area contributed by atoms with Gasteiger partial charge in [0.2, 0.25) is 5.82 Å². The highest BCUT2D eigenvalue weighted by molar-refractivity contribution is 6.30. The minimum atomic E-state index is 0.307. The van der Waals surface area contributed by atoms with Crippen LogP contribution >= 0.6 is 11.6 Å². The average molecular weight is 272 g/mol. The first-order valence-corrected chi connectivity index (χ1v) is 6.15. The Morgan fingerprint density at radius 1 is 1.21 bits per heavy atom. The Morgan fingerprint density at radius 2 is 1.95 bits per heavy atom. The molecular formula is C14H10ClN3O. The summed E-state index contributed by atoms with van der Waals surface area (Å²) in [5.41, 5.74) is 3.12. The summed E-state index contributed by atoms with van der Waals surface area (Å²) in [6, 6.07) is 11.0. The van der Waals surface area contributed by atoms with Gasteiger partial charge >= 0.3 is 0 Å². The van der Waals surface area contributed by atoms with Gasteiger partial charge in [0.25, 0.3) is 0 Å². The molecule has 0 amide bonds. The number of pyridine rings is 1. The van der Waals surface area contributed by atoms with Crippen molar-refractivity contribution in [3.63, 3.8) is 0 Å². The first-order valence-electron chi connectivity index (χ1n) is 5.77. The van der Waals surface area contributed by atoms with Crippen LogP contribution in [0.25, 0.3) is 16.9 Å². The van der Waals surface area contributed by atoms with Gasteiger partial charge in [0, 0.05) is 16.8 Å². The zero-order chi connectivity index (χ0) is 13.4. The third kappa shape index (κ3) is 1.90. The van der Waals surface area contributed by atoms with E-state index in [-0.39, 0.29) is 0 Å². The van der Waals surface area contributed by atoms with Crippen LogP contribution in [0.1, 0.15) is 5.56 Å². The number of aromatic nitrogens is 2. The first-order chi connectivity index (χ1) is 9.20. The zero-order valence-electron chi connectivity index (χ0n) is 10.2. The SMILES string of the molecule is Cc1cccn2c(N=O)c(-c3ccc(Cl)cc3)nc12. The van der Waals surface area contributed by atoms with Crippen molar-refractivity contribution in [2.45, 2.75) is 6.92 Å². The summed E-state index contributed by atoms with van der Waals surface area (Å²) >= 11 is 5.87. The lowest BCUT2D eigenvalue weighted by Gasteiger charge is -1.98. The third-order valence-electron chi connectivity index (χ3n) is 3.02. The molecular weight excluding hydrogens is 262 g/mol. The van der Waals surface area contributed by atoms with Gasteiger partial charge in [0.1, 0.15) is 11.3 Å². The van der Waals surface area contributed by atoms with E-state index in [1.807, 2.05) is 31.2 Å². The van der Waals surface area contributed by atoms with Crippen LogP contribution in [0.2, 0.25) is 5.02 Å². The number of nitrogens with zero attached hydrogens (tertiary/aromatic N) is 3. The van der Waals surface area contributed by atoms with Crippen molar-refractivity contribution in [1.82, 2.24) is 9.38 Å². The second-order valence-corrected chi connectivity index (χ2v) is 4.70. The maximum atomic E-state index is 11.1. The molecule has 0 unspecified atom stereocenters. The van der Waals surface area contributed by atoms with Gasteiger partial charge in [-0.3, -0.25) is 4.40 Å². The van der Waals surface area contributed by atoms with E-state index in [0.717, 1.165) is 16.8 Å². The number of rotatable bonds is 2. The van der Waals surface area contributed by atoms with Crippen molar-refractivity contribution in [2.24, 2.45) is 5.18 Å². The Kier molecular flexibility index (Phi) is 2.80. The predicted octanol–water partition coefficient (Wildman–Crippen LogP) is 4.36. The zero-order valence-corrected chi connectivity index (χ0v) is 10.9. The van der Waals surface area contributed by atoms with Crippen molar-refractivity contribution in [2.75, 3.05) is 0 Å². The highest BCUT2D eigenvalue weighted by Crippen LogP contribution is 2.32. The smallest absolute Gasteiger partial charge is 0.209 e. The van der Waals surface area contributed by atoms with Crippen LogP contribution in [-0.2, 0) is 0 Å². The van der Waals surface area contributed by atoms with E-state index < -0.39 is 0 Å². The molecule has 0 spiro atoms. The van der Waals surface area contributed by atoms with Crippen LogP contribution in [0.15, 0.2) is 47.8 Å². The van der Waals surface area contributed by atoms with Crippen LogP contribution < -0.4 is 0 Å². The first kappa shape index (κ1) is 11.9. The molecule has 19 heavy (non-hydrogen) atoms. The Bertz CT molecular complexity index is 762. The van der Waals surface area contributed by atoms with Crippen LogP contribution in [0, 0.1) is 11.8 Å². The molecule has 0 N–H and O–H groups in total. The minimum absolute atomic E-state index is 0.307. The van der Waals surface area contributed by atoms with Gasteiger partial charge in [0.15, 0.2) is 0 Å². The Morgan fingerprint density at radius 3 is 2.63 bits per heavy atom. The lowest BCUT2D eigenvalue weighted by atomic mass is 10.1. The van der Waals surface area contributed by atoms with Crippen LogP contribution in [0.3, 0.4) is 0 Å². The highest BCUT2D eigenvalue weighted by Gasteiger charge is 2.15. The van der Waals surface area contributed by atoms with Crippen molar-refractivity contribution in [1.29, 1.82) is 0 Å². The lowest BCUT2D eigenvalue weighted by molar-refractivity contribution is 1.14. The molecule has 2 heterocycles.